The fourth-order valence-corrected chi connectivity index (χ4v) is 3.11. The molecule has 0 saturated carbocycles. The third-order valence-corrected chi connectivity index (χ3v) is 4.93. The number of benzene rings is 1. The van der Waals surface area contributed by atoms with E-state index in [4.69, 9.17) is 33.3 Å². The monoisotopic (exact) mass is 353 g/mol. The highest BCUT2D eigenvalue weighted by Crippen LogP contribution is 2.26. The molecule has 0 radical (unpaired) electrons. The first-order valence-corrected chi connectivity index (χ1v) is 8.48. The van der Waals surface area contributed by atoms with Crippen LogP contribution in [0.5, 0.6) is 5.75 Å². The second-order valence-corrected chi connectivity index (χ2v) is 6.62. The van der Waals surface area contributed by atoms with E-state index in [-0.39, 0.29) is 6.10 Å². The maximum Gasteiger partial charge on any atom is 0.195 e. The summed E-state index contributed by atoms with van der Waals surface area (Å²) in [6.45, 7) is 5.82. The van der Waals surface area contributed by atoms with E-state index in [1.54, 1.807) is 0 Å². The number of H-pyrrole nitrogens is 1. The van der Waals surface area contributed by atoms with Crippen LogP contribution in [0.1, 0.15) is 29.8 Å². The van der Waals surface area contributed by atoms with Gasteiger partial charge >= 0.3 is 0 Å². The van der Waals surface area contributed by atoms with Crippen molar-refractivity contribution in [2.75, 3.05) is 6.61 Å². The van der Waals surface area contributed by atoms with Crippen LogP contribution in [-0.4, -0.2) is 27.5 Å². The van der Waals surface area contributed by atoms with Gasteiger partial charge in [-0.1, -0.05) is 11.6 Å². The first-order chi connectivity index (χ1) is 11.0. The zero-order valence-corrected chi connectivity index (χ0v) is 14.8. The minimum absolute atomic E-state index is 0.207. The second-order valence-electron chi connectivity index (χ2n) is 5.85. The van der Waals surface area contributed by atoms with Crippen LogP contribution in [0.15, 0.2) is 12.1 Å². The maximum absolute atomic E-state index is 6.19. The summed E-state index contributed by atoms with van der Waals surface area (Å²) in [6.07, 6.45) is 2.37. The number of ether oxygens (including phenoxy) is 2. The minimum Gasteiger partial charge on any atom is -0.486 e. The fourth-order valence-electron chi connectivity index (χ4n) is 2.78. The first-order valence-electron chi connectivity index (χ1n) is 7.70. The molecule has 3 rings (SSSR count). The summed E-state index contributed by atoms with van der Waals surface area (Å²) in [4.78, 5) is 0. The Morgan fingerprint density at radius 2 is 2.17 bits per heavy atom. The van der Waals surface area contributed by atoms with Crippen molar-refractivity contribution in [3.05, 3.63) is 38.9 Å². The van der Waals surface area contributed by atoms with Crippen LogP contribution in [0.4, 0.5) is 0 Å². The number of nitrogens with one attached hydrogen (secondary N) is 1. The number of aryl methyl sites for hydroxylation is 2. The van der Waals surface area contributed by atoms with Gasteiger partial charge in [0.15, 0.2) is 10.6 Å². The van der Waals surface area contributed by atoms with Crippen molar-refractivity contribution in [3.8, 4) is 5.75 Å². The van der Waals surface area contributed by atoms with Crippen molar-refractivity contribution in [3.63, 3.8) is 0 Å². The second kappa shape index (κ2) is 7.03. The lowest BCUT2D eigenvalue weighted by atomic mass is 10.1. The quantitative estimate of drug-likeness (QED) is 0.826. The molecule has 23 heavy (non-hydrogen) atoms. The van der Waals surface area contributed by atoms with Gasteiger partial charge in [-0.15, -0.1) is 0 Å². The molecule has 1 unspecified atom stereocenters. The van der Waals surface area contributed by atoms with Gasteiger partial charge in [-0.3, -0.25) is 9.67 Å². The highest BCUT2D eigenvalue weighted by atomic mass is 35.5. The Morgan fingerprint density at radius 1 is 1.43 bits per heavy atom. The molecule has 2 heterocycles. The summed E-state index contributed by atoms with van der Waals surface area (Å²) in [5.74, 6) is 1.55. The molecule has 1 N–H and O–H groups in total. The average molecular weight is 354 g/mol. The van der Waals surface area contributed by atoms with Crippen molar-refractivity contribution >= 4 is 23.8 Å². The van der Waals surface area contributed by atoms with Gasteiger partial charge in [0.2, 0.25) is 0 Å². The minimum atomic E-state index is 0.207. The number of nitrogens with zero attached hydrogens (tertiary/aromatic N) is 2. The predicted octanol–water partition coefficient (Wildman–Crippen LogP) is 3.97. The van der Waals surface area contributed by atoms with Crippen LogP contribution in [0.3, 0.4) is 0 Å². The number of rotatable bonds is 5. The van der Waals surface area contributed by atoms with Crippen molar-refractivity contribution in [2.45, 2.75) is 45.9 Å². The molecule has 7 heteroatoms. The lowest BCUT2D eigenvalue weighted by molar-refractivity contribution is 0.0949. The van der Waals surface area contributed by atoms with Crippen molar-refractivity contribution in [1.82, 2.24) is 14.8 Å². The number of hydrogen-bond donors (Lipinski definition) is 1. The standard InChI is InChI=1S/C16H20ClN3O2S/c1-10-6-13(7-11(2)15(10)17)22-9-14-18-19-16(23)20(14)8-12-4-3-5-21-12/h6-7,12H,3-5,8-9H2,1-2H3,(H,19,23). The van der Waals surface area contributed by atoms with E-state index in [9.17, 15) is 0 Å². The van der Waals surface area contributed by atoms with Gasteiger partial charge in [-0.25, -0.2) is 0 Å². The summed E-state index contributed by atoms with van der Waals surface area (Å²) in [6, 6.07) is 3.86. The number of aromatic amines is 1. The molecular weight excluding hydrogens is 334 g/mol. The van der Waals surface area contributed by atoms with Gasteiger partial charge in [0.1, 0.15) is 12.4 Å². The van der Waals surface area contributed by atoms with Crippen LogP contribution in [0.25, 0.3) is 0 Å². The van der Waals surface area contributed by atoms with Crippen LogP contribution < -0.4 is 4.74 Å². The lowest BCUT2D eigenvalue weighted by Gasteiger charge is -2.13. The summed E-state index contributed by atoms with van der Waals surface area (Å²) in [7, 11) is 0. The highest BCUT2D eigenvalue weighted by Gasteiger charge is 2.18. The SMILES string of the molecule is Cc1cc(OCc2n[nH]c(=S)n2CC2CCCO2)cc(C)c1Cl. The molecule has 1 saturated heterocycles. The van der Waals surface area contributed by atoms with Crippen molar-refractivity contribution < 1.29 is 9.47 Å². The van der Waals surface area contributed by atoms with E-state index < -0.39 is 0 Å². The van der Waals surface area contributed by atoms with Crippen LogP contribution in [-0.2, 0) is 17.9 Å². The molecular formula is C16H20ClN3O2S. The van der Waals surface area contributed by atoms with Crippen LogP contribution >= 0.6 is 23.8 Å². The van der Waals surface area contributed by atoms with Crippen LogP contribution in [0, 0.1) is 18.6 Å². The normalized spacial score (nSPS) is 17.6. The van der Waals surface area contributed by atoms with E-state index in [1.807, 2.05) is 30.5 Å². The summed E-state index contributed by atoms with van der Waals surface area (Å²) < 4.78 is 14.1. The van der Waals surface area contributed by atoms with E-state index >= 15 is 0 Å². The Kier molecular flexibility index (Phi) is 5.04. The summed E-state index contributed by atoms with van der Waals surface area (Å²) >= 11 is 11.5. The molecule has 124 valence electrons. The number of halogens is 1. The van der Waals surface area contributed by atoms with E-state index in [2.05, 4.69) is 10.2 Å². The molecule has 0 amide bonds. The smallest absolute Gasteiger partial charge is 0.195 e. The van der Waals surface area contributed by atoms with E-state index in [0.29, 0.717) is 17.9 Å². The van der Waals surface area contributed by atoms with Crippen molar-refractivity contribution in [2.24, 2.45) is 0 Å². The maximum atomic E-state index is 6.19. The third-order valence-electron chi connectivity index (χ3n) is 4.03. The molecule has 0 bridgehead atoms. The van der Waals surface area contributed by atoms with E-state index in [0.717, 1.165) is 47.2 Å². The molecule has 1 aliphatic heterocycles. The van der Waals surface area contributed by atoms with Gasteiger partial charge < -0.3 is 9.47 Å². The highest BCUT2D eigenvalue weighted by molar-refractivity contribution is 7.71. The zero-order valence-electron chi connectivity index (χ0n) is 13.3. The van der Waals surface area contributed by atoms with Gasteiger partial charge in [0.25, 0.3) is 0 Å². The first kappa shape index (κ1) is 16.5. The summed E-state index contributed by atoms with van der Waals surface area (Å²) in [5, 5.41) is 7.89. The molecule has 0 spiro atoms. The average Bonchev–Trinajstić information content (AvgIpc) is 3.14. The molecule has 5 nitrogen and oxygen atoms in total. The van der Waals surface area contributed by atoms with Gasteiger partial charge in [-0.05, 0) is 62.2 Å². The topological polar surface area (TPSA) is 52.1 Å². The van der Waals surface area contributed by atoms with E-state index in [1.165, 1.54) is 0 Å². The fraction of sp³-hybridized carbons (Fsp3) is 0.500. The Labute approximate surface area is 145 Å². The van der Waals surface area contributed by atoms with Gasteiger partial charge in [0, 0.05) is 11.6 Å². The largest absolute Gasteiger partial charge is 0.486 e. The Bertz CT molecular complexity index is 727. The molecule has 0 aliphatic carbocycles. The molecule has 1 aromatic carbocycles. The molecule has 1 atom stereocenters. The third kappa shape index (κ3) is 3.76. The molecule has 2 aromatic rings. The Hall–Kier alpha value is -1.37. The predicted molar refractivity (Wildman–Crippen MR) is 91.6 cm³/mol. The summed E-state index contributed by atoms with van der Waals surface area (Å²) in [5.41, 5.74) is 2.00. The van der Waals surface area contributed by atoms with Gasteiger partial charge in [0.05, 0.1) is 12.6 Å². The Morgan fingerprint density at radius 3 is 2.83 bits per heavy atom. The number of aromatic nitrogens is 3. The lowest BCUT2D eigenvalue weighted by Crippen LogP contribution is -2.18. The van der Waals surface area contributed by atoms with Gasteiger partial charge in [-0.2, -0.15) is 5.10 Å². The van der Waals surface area contributed by atoms with Crippen molar-refractivity contribution in [1.29, 1.82) is 0 Å². The number of hydrogen-bond acceptors (Lipinski definition) is 4. The molecule has 1 aromatic heterocycles. The van der Waals surface area contributed by atoms with Crippen LogP contribution in [0.2, 0.25) is 5.02 Å². The molecule has 1 aliphatic rings. The Balaban J connectivity index is 1.72. The molecule has 1 fully saturated rings. The zero-order chi connectivity index (χ0) is 16.4.